The largest absolute Gasteiger partial charge is 0.240 e. The van der Waals surface area contributed by atoms with Crippen molar-refractivity contribution in [3.05, 3.63) is 56.7 Å². The number of nitriles is 1. The number of thioether (sulfide) groups is 1. The summed E-state index contributed by atoms with van der Waals surface area (Å²) in [6.45, 7) is 0. The molecule has 0 saturated carbocycles. The SMILES string of the molecule is CSc1nc2c(c(-c3cccs3)c1C#N)CC/C2=C/c1cccs1. The molecule has 3 aromatic heterocycles. The van der Waals surface area contributed by atoms with Crippen molar-refractivity contribution in [2.75, 3.05) is 6.26 Å². The lowest BCUT2D eigenvalue weighted by Gasteiger charge is -2.12. The average Bonchev–Trinajstić information content (AvgIpc) is 3.36. The van der Waals surface area contributed by atoms with Crippen molar-refractivity contribution in [3.63, 3.8) is 0 Å². The van der Waals surface area contributed by atoms with E-state index < -0.39 is 0 Å². The molecule has 3 heterocycles. The number of hydrogen-bond acceptors (Lipinski definition) is 5. The molecule has 0 saturated heterocycles. The van der Waals surface area contributed by atoms with Gasteiger partial charge in [0.05, 0.1) is 11.3 Å². The van der Waals surface area contributed by atoms with E-state index in [1.807, 2.05) is 12.3 Å². The van der Waals surface area contributed by atoms with Crippen LogP contribution in [0.15, 0.2) is 40.1 Å². The minimum absolute atomic E-state index is 0.723. The number of rotatable bonds is 3. The van der Waals surface area contributed by atoms with Crippen LogP contribution in [0.2, 0.25) is 0 Å². The van der Waals surface area contributed by atoms with Crippen LogP contribution in [0.5, 0.6) is 0 Å². The van der Waals surface area contributed by atoms with E-state index in [1.165, 1.54) is 16.0 Å². The Kier molecular flexibility index (Phi) is 4.28. The molecule has 0 spiro atoms. The van der Waals surface area contributed by atoms with Crippen LogP contribution in [-0.4, -0.2) is 11.2 Å². The third-order valence-electron chi connectivity index (χ3n) is 4.15. The van der Waals surface area contributed by atoms with Gasteiger partial charge in [0, 0.05) is 15.3 Å². The summed E-state index contributed by atoms with van der Waals surface area (Å²) < 4.78 is 0. The molecular weight excluding hydrogens is 352 g/mol. The van der Waals surface area contributed by atoms with Crippen molar-refractivity contribution < 1.29 is 0 Å². The maximum absolute atomic E-state index is 9.72. The molecule has 5 heteroatoms. The lowest BCUT2D eigenvalue weighted by molar-refractivity contribution is 1.05. The minimum Gasteiger partial charge on any atom is -0.240 e. The maximum Gasteiger partial charge on any atom is 0.115 e. The molecule has 0 bridgehead atoms. The van der Waals surface area contributed by atoms with Crippen molar-refractivity contribution in [2.45, 2.75) is 17.9 Å². The first-order chi connectivity index (χ1) is 11.8. The summed E-state index contributed by atoms with van der Waals surface area (Å²) in [5.41, 5.74) is 5.41. The van der Waals surface area contributed by atoms with Crippen LogP contribution in [0.25, 0.3) is 22.1 Å². The Hall–Kier alpha value is -1.87. The van der Waals surface area contributed by atoms with Crippen LogP contribution >= 0.6 is 34.4 Å². The van der Waals surface area contributed by atoms with Crippen LogP contribution in [0.3, 0.4) is 0 Å². The molecule has 0 aliphatic heterocycles. The third-order valence-corrected chi connectivity index (χ3v) is 6.53. The molecule has 0 atom stereocenters. The number of aromatic nitrogens is 1. The van der Waals surface area contributed by atoms with Gasteiger partial charge < -0.3 is 0 Å². The Labute approximate surface area is 153 Å². The second kappa shape index (κ2) is 6.56. The van der Waals surface area contributed by atoms with Crippen molar-refractivity contribution >= 4 is 46.1 Å². The Morgan fingerprint density at radius 1 is 1.21 bits per heavy atom. The van der Waals surface area contributed by atoms with Gasteiger partial charge in [-0.15, -0.1) is 34.4 Å². The second-order valence-corrected chi connectivity index (χ2v) is 8.19. The van der Waals surface area contributed by atoms with Crippen LogP contribution in [0.1, 0.15) is 28.1 Å². The number of nitrogens with zero attached hydrogens (tertiary/aromatic N) is 2. The van der Waals surface area contributed by atoms with Gasteiger partial charge >= 0.3 is 0 Å². The van der Waals surface area contributed by atoms with Crippen LogP contribution in [0, 0.1) is 11.3 Å². The number of thiophene rings is 2. The van der Waals surface area contributed by atoms with E-state index in [4.69, 9.17) is 4.98 Å². The van der Waals surface area contributed by atoms with E-state index in [1.54, 1.807) is 34.4 Å². The molecule has 3 aromatic rings. The van der Waals surface area contributed by atoms with Crippen molar-refractivity contribution in [2.24, 2.45) is 0 Å². The fourth-order valence-electron chi connectivity index (χ4n) is 3.12. The van der Waals surface area contributed by atoms with E-state index in [2.05, 4.69) is 41.1 Å². The summed E-state index contributed by atoms with van der Waals surface area (Å²) >= 11 is 4.99. The van der Waals surface area contributed by atoms with E-state index in [0.717, 1.165) is 39.6 Å². The van der Waals surface area contributed by atoms with Crippen LogP contribution < -0.4 is 0 Å². The normalized spacial score (nSPS) is 14.8. The highest BCUT2D eigenvalue weighted by Crippen LogP contribution is 2.43. The summed E-state index contributed by atoms with van der Waals surface area (Å²) in [5, 5.41) is 14.7. The lowest BCUT2D eigenvalue weighted by atomic mass is 10.0. The summed E-state index contributed by atoms with van der Waals surface area (Å²) in [7, 11) is 0. The highest BCUT2D eigenvalue weighted by atomic mass is 32.2. The second-order valence-electron chi connectivity index (χ2n) is 5.47. The van der Waals surface area contributed by atoms with Gasteiger partial charge in [0.2, 0.25) is 0 Å². The summed E-state index contributed by atoms with van der Waals surface area (Å²) in [4.78, 5) is 7.28. The Bertz CT molecular complexity index is 946. The van der Waals surface area contributed by atoms with Gasteiger partial charge in [0.1, 0.15) is 11.1 Å². The first kappa shape index (κ1) is 15.6. The molecule has 0 radical (unpaired) electrons. The molecule has 24 heavy (non-hydrogen) atoms. The molecule has 0 amide bonds. The zero-order valence-electron chi connectivity index (χ0n) is 13.1. The Balaban J connectivity index is 1.96. The van der Waals surface area contributed by atoms with Crippen LogP contribution in [0.4, 0.5) is 0 Å². The third kappa shape index (κ3) is 2.61. The smallest absolute Gasteiger partial charge is 0.115 e. The van der Waals surface area contributed by atoms with E-state index in [0.29, 0.717) is 0 Å². The first-order valence-electron chi connectivity index (χ1n) is 7.61. The van der Waals surface area contributed by atoms with Gasteiger partial charge in [0.25, 0.3) is 0 Å². The maximum atomic E-state index is 9.72. The van der Waals surface area contributed by atoms with Crippen LogP contribution in [-0.2, 0) is 6.42 Å². The number of hydrogen-bond donors (Lipinski definition) is 0. The van der Waals surface area contributed by atoms with Crippen molar-refractivity contribution in [1.82, 2.24) is 4.98 Å². The quantitative estimate of drug-likeness (QED) is 0.537. The van der Waals surface area contributed by atoms with Crippen molar-refractivity contribution in [3.8, 4) is 16.5 Å². The molecule has 0 aromatic carbocycles. The summed E-state index contributed by atoms with van der Waals surface area (Å²) in [5.74, 6) is 0. The first-order valence-corrected chi connectivity index (χ1v) is 10.6. The number of pyridine rings is 1. The highest BCUT2D eigenvalue weighted by Gasteiger charge is 2.27. The molecule has 0 N–H and O–H groups in total. The molecule has 0 unspecified atom stereocenters. The highest BCUT2D eigenvalue weighted by molar-refractivity contribution is 7.98. The zero-order chi connectivity index (χ0) is 16.5. The summed E-state index contributed by atoms with van der Waals surface area (Å²) in [6.07, 6.45) is 6.18. The van der Waals surface area contributed by atoms with E-state index >= 15 is 0 Å². The van der Waals surface area contributed by atoms with Gasteiger partial charge in [-0.2, -0.15) is 5.26 Å². The summed E-state index contributed by atoms with van der Waals surface area (Å²) in [6, 6.07) is 10.8. The zero-order valence-corrected chi connectivity index (χ0v) is 15.5. The molecule has 1 aliphatic carbocycles. The van der Waals surface area contributed by atoms with Gasteiger partial charge in [-0.05, 0) is 59.2 Å². The molecule has 4 rings (SSSR count). The van der Waals surface area contributed by atoms with E-state index in [-0.39, 0.29) is 0 Å². The van der Waals surface area contributed by atoms with Crippen molar-refractivity contribution in [1.29, 1.82) is 5.26 Å². The predicted octanol–water partition coefficient (Wildman–Crippen LogP) is 5.95. The Morgan fingerprint density at radius 3 is 2.71 bits per heavy atom. The number of allylic oxidation sites excluding steroid dienone is 1. The molecule has 2 nitrogen and oxygen atoms in total. The Morgan fingerprint density at radius 2 is 2.04 bits per heavy atom. The van der Waals surface area contributed by atoms with Gasteiger partial charge in [-0.1, -0.05) is 12.1 Å². The molecular formula is C19H14N2S3. The minimum atomic E-state index is 0.723. The average molecular weight is 367 g/mol. The topological polar surface area (TPSA) is 36.7 Å². The number of fused-ring (bicyclic) bond motifs is 1. The fraction of sp³-hybridized carbons (Fsp3) is 0.158. The molecule has 0 fully saturated rings. The lowest BCUT2D eigenvalue weighted by Crippen LogP contribution is -1.99. The van der Waals surface area contributed by atoms with Gasteiger partial charge in [0.15, 0.2) is 0 Å². The molecule has 1 aliphatic rings. The van der Waals surface area contributed by atoms with Gasteiger partial charge in [-0.3, -0.25) is 0 Å². The van der Waals surface area contributed by atoms with Gasteiger partial charge in [-0.25, -0.2) is 4.98 Å². The predicted molar refractivity (Wildman–Crippen MR) is 105 cm³/mol. The van der Waals surface area contributed by atoms with E-state index in [9.17, 15) is 5.26 Å². The fourth-order valence-corrected chi connectivity index (χ4v) is 5.14. The standard InChI is InChI=1S/C19H14N2S3/c1-22-19-15(11-20)17(16-5-3-9-24-16)14-7-6-12(18(14)21-19)10-13-4-2-8-23-13/h2-5,8-10H,6-7H2,1H3/b12-10-. The monoisotopic (exact) mass is 366 g/mol. The molecule has 118 valence electrons.